The summed E-state index contributed by atoms with van der Waals surface area (Å²) in [5.74, 6) is -0.147. The number of carbonyl (C=O) groups is 2. The van der Waals surface area contributed by atoms with Gasteiger partial charge in [0.2, 0.25) is 5.91 Å². The van der Waals surface area contributed by atoms with Crippen molar-refractivity contribution in [1.82, 2.24) is 4.90 Å². The van der Waals surface area contributed by atoms with Crippen molar-refractivity contribution < 1.29 is 9.59 Å². The third-order valence-corrected chi connectivity index (χ3v) is 6.43. The van der Waals surface area contributed by atoms with Gasteiger partial charge in [0.25, 0.3) is 5.91 Å². The van der Waals surface area contributed by atoms with Crippen LogP contribution in [-0.2, 0) is 9.59 Å². The van der Waals surface area contributed by atoms with Crippen LogP contribution in [0.1, 0.15) is 25.0 Å². The van der Waals surface area contributed by atoms with Crippen LogP contribution >= 0.6 is 11.6 Å². The maximum Gasteiger partial charge on any atom is 0.258 e. The summed E-state index contributed by atoms with van der Waals surface area (Å²) in [6.07, 6.45) is 0. The molecule has 1 aliphatic heterocycles. The Hall–Kier alpha value is -3.61. The highest BCUT2D eigenvalue weighted by Crippen LogP contribution is 2.38. The molecule has 0 radical (unpaired) electrons. The quantitative estimate of drug-likeness (QED) is 0.406. The van der Waals surface area contributed by atoms with E-state index in [1.807, 2.05) is 74.5 Å². The lowest BCUT2D eigenvalue weighted by Crippen LogP contribution is -2.38. The van der Waals surface area contributed by atoms with E-state index in [4.69, 9.17) is 11.6 Å². The number of amides is 2. The van der Waals surface area contributed by atoms with Gasteiger partial charge in [-0.15, -0.1) is 0 Å². The van der Waals surface area contributed by atoms with Gasteiger partial charge in [0.05, 0.1) is 23.5 Å². The summed E-state index contributed by atoms with van der Waals surface area (Å²) in [5, 5.41) is 6.92. The van der Waals surface area contributed by atoms with Crippen molar-refractivity contribution in [2.75, 3.05) is 42.2 Å². The molecule has 0 spiro atoms. The van der Waals surface area contributed by atoms with Gasteiger partial charge < -0.3 is 15.5 Å². The number of fused-ring (bicyclic) bond motifs is 1. The summed E-state index contributed by atoms with van der Waals surface area (Å²) < 4.78 is 0. The van der Waals surface area contributed by atoms with Crippen molar-refractivity contribution in [2.24, 2.45) is 0 Å². The summed E-state index contributed by atoms with van der Waals surface area (Å²) in [6.45, 7) is 6.14. The maximum absolute atomic E-state index is 13.0. The second kappa shape index (κ2) is 10.8. The predicted octanol–water partition coefficient (Wildman–Crippen LogP) is 5.58. The molecule has 180 valence electrons. The van der Waals surface area contributed by atoms with E-state index in [1.165, 1.54) is 0 Å². The fourth-order valence-electron chi connectivity index (χ4n) is 4.08. The molecule has 3 aromatic carbocycles. The van der Waals surface area contributed by atoms with Gasteiger partial charge in [-0.25, -0.2) is 0 Å². The molecule has 2 amide bonds. The Morgan fingerprint density at radius 2 is 1.66 bits per heavy atom. The second-order valence-electron chi connectivity index (χ2n) is 8.35. The van der Waals surface area contributed by atoms with Crippen LogP contribution in [0, 0.1) is 0 Å². The van der Waals surface area contributed by atoms with Crippen molar-refractivity contribution in [3.8, 4) is 0 Å². The van der Waals surface area contributed by atoms with Crippen molar-refractivity contribution in [3.05, 3.63) is 88.9 Å². The first-order valence-corrected chi connectivity index (χ1v) is 12.1. The lowest BCUT2D eigenvalue weighted by Gasteiger charge is -2.23. The lowest BCUT2D eigenvalue weighted by atomic mass is 10.00. The van der Waals surface area contributed by atoms with E-state index in [9.17, 15) is 9.59 Å². The van der Waals surface area contributed by atoms with E-state index in [1.54, 1.807) is 24.1 Å². The summed E-state index contributed by atoms with van der Waals surface area (Å²) in [5.41, 5.74) is 5.23. The first-order valence-electron chi connectivity index (χ1n) is 11.7. The molecule has 0 saturated carbocycles. The molecule has 7 heteroatoms. The molecule has 6 nitrogen and oxygen atoms in total. The minimum Gasteiger partial charge on any atom is -0.354 e. The van der Waals surface area contributed by atoms with E-state index in [2.05, 4.69) is 15.5 Å². The van der Waals surface area contributed by atoms with Gasteiger partial charge in [0.15, 0.2) is 0 Å². The van der Waals surface area contributed by atoms with Gasteiger partial charge in [-0.2, -0.15) is 0 Å². The Balaban J connectivity index is 1.64. The van der Waals surface area contributed by atoms with Gasteiger partial charge in [0.1, 0.15) is 0 Å². The molecule has 0 saturated heterocycles. The molecule has 1 aliphatic rings. The topological polar surface area (TPSA) is 64.7 Å². The van der Waals surface area contributed by atoms with Gasteiger partial charge >= 0.3 is 0 Å². The molecule has 1 heterocycles. The van der Waals surface area contributed by atoms with Crippen molar-refractivity contribution >= 4 is 51.7 Å². The summed E-state index contributed by atoms with van der Waals surface area (Å²) in [7, 11) is 1.79. The standard InChI is InChI=1S/C28H29ClN4O2/c1-4-33(5-2)18-25(34)32(3)22-14-12-21(13-15-22)30-27(19-9-7-6-8-10-19)26-23-16-11-20(29)17-24(23)31-28(26)35/h6-17,30H,4-5,18H2,1-3H3,(H,31,35)/b27-26-. The minimum absolute atomic E-state index is 0.0411. The monoisotopic (exact) mass is 488 g/mol. The molecule has 0 aliphatic carbocycles. The van der Waals surface area contributed by atoms with Crippen LogP contribution in [0.3, 0.4) is 0 Å². The lowest BCUT2D eigenvalue weighted by molar-refractivity contribution is -0.119. The Labute approximate surface area is 211 Å². The first-order chi connectivity index (χ1) is 16.9. The minimum atomic E-state index is -0.188. The van der Waals surface area contributed by atoms with E-state index < -0.39 is 0 Å². The van der Waals surface area contributed by atoms with Gasteiger partial charge in [-0.3, -0.25) is 14.5 Å². The number of benzene rings is 3. The SMILES string of the molecule is CCN(CC)CC(=O)N(C)c1ccc(N/C(=C2\C(=O)Nc3cc(Cl)ccc32)c2ccccc2)cc1. The molecule has 0 fully saturated rings. The van der Waals surface area contributed by atoms with Crippen LogP contribution in [0.5, 0.6) is 0 Å². The highest BCUT2D eigenvalue weighted by atomic mass is 35.5. The van der Waals surface area contributed by atoms with Crippen LogP contribution in [0.4, 0.5) is 17.1 Å². The van der Waals surface area contributed by atoms with E-state index in [0.29, 0.717) is 28.5 Å². The number of halogens is 1. The first kappa shape index (κ1) is 24.5. The van der Waals surface area contributed by atoms with E-state index in [-0.39, 0.29) is 11.8 Å². The molecule has 35 heavy (non-hydrogen) atoms. The Morgan fingerprint density at radius 3 is 2.31 bits per heavy atom. The molecule has 4 rings (SSSR count). The number of anilines is 3. The van der Waals surface area contributed by atoms with E-state index in [0.717, 1.165) is 35.6 Å². The second-order valence-corrected chi connectivity index (χ2v) is 8.78. The molecule has 0 aromatic heterocycles. The van der Waals surface area contributed by atoms with Crippen LogP contribution < -0.4 is 15.5 Å². The highest BCUT2D eigenvalue weighted by Gasteiger charge is 2.28. The fraction of sp³-hybridized carbons (Fsp3) is 0.214. The normalized spacial score (nSPS) is 13.9. The Morgan fingerprint density at radius 1 is 0.971 bits per heavy atom. The number of nitrogens with zero attached hydrogens (tertiary/aromatic N) is 2. The van der Waals surface area contributed by atoms with Crippen molar-refractivity contribution in [2.45, 2.75) is 13.8 Å². The molecule has 0 atom stereocenters. The van der Waals surface area contributed by atoms with Gasteiger partial charge in [-0.05, 0) is 55.1 Å². The summed E-state index contributed by atoms with van der Waals surface area (Å²) >= 11 is 6.14. The van der Waals surface area contributed by atoms with Gasteiger partial charge in [0, 0.05) is 29.0 Å². The maximum atomic E-state index is 13.0. The number of nitrogens with one attached hydrogen (secondary N) is 2. The molecular weight excluding hydrogens is 460 g/mol. The van der Waals surface area contributed by atoms with Crippen LogP contribution in [0.25, 0.3) is 11.3 Å². The van der Waals surface area contributed by atoms with Crippen LogP contribution in [-0.4, -0.2) is 43.4 Å². The number of rotatable bonds is 8. The smallest absolute Gasteiger partial charge is 0.258 e. The molecule has 0 bridgehead atoms. The largest absolute Gasteiger partial charge is 0.354 e. The highest BCUT2D eigenvalue weighted by molar-refractivity contribution is 6.38. The number of likely N-dealkylation sites (N-methyl/N-ethyl adjacent to an activating group) is 2. The third kappa shape index (κ3) is 5.39. The Bertz CT molecular complexity index is 1250. The summed E-state index contributed by atoms with van der Waals surface area (Å²) in [6, 6.07) is 22.8. The Kier molecular flexibility index (Phi) is 7.54. The third-order valence-electron chi connectivity index (χ3n) is 6.19. The predicted molar refractivity (Wildman–Crippen MR) is 145 cm³/mol. The zero-order valence-electron chi connectivity index (χ0n) is 20.1. The van der Waals surface area contributed by atoms with Crippen molar-refractivity contribution in [1.29, 1.82) is 0 Å². The number of carbonyl (C=O) groups excluding carboxylic acids is 2. The zero-order chi connectivity index (χ0) is 24.9. The van der Waals surface area contributed by atoms with Crippen LogP contribution in [0.2, 0.25) is 5.02 Å². The molecule has 2 N–H and O–H groups in total. The number of hydrogen-bond acceptors (Lipinski definition) is 4. The average molecular weight is 489 g/mol. The molecular formula is C28H29ClN4O2. The van der Waals surface area contributed by atoms with E-state index >= 15 is 0 Å². The average Bonchev–Trinajstić information content (AvgIpc) is 3.20. The van der Waals surface area contributed by atoms with Crippen LogP contribution in [0.15, 0.2) is 72.8 Å². The number of hydrogen-bond donors (Lipinski definition) is 2. The van der Waals surface area contributed by atoms with Crippen molar-refractivity contribution in [3.63, 3.8) is 0 Å². The zero-order valence-corrected chi connectivity index (χ0v) is 20.9. The molecule has 3 aromatic rings. The summed E-state index contributed by atoms with van der Waals surface area (Å²) in [4.78, 5) is 29.4. The van der Waals surface area contributed by atoms with Gasteiger partial charge in [-0.1, -0.05) is 61.8 Å². The molecule has 0 unspecified atom stereocenters. The fourth-order valence-corrected chi connectivity index (χ4v) is 4.25.